The van der Waals surface area contributed by atoms with Crippen LogP contribution in [0.1, 0.15) is 25.0 Å². The van der Waals surface area contributed by atoms with E-state index in [-0.39, 0.29) is 18.2 Å². The topological polar surface area (TPSA) is 90.0 Å². The molecule has 134 valence electrons. The van der Waals surface area contributed by atoms with E-state index >= 15 is 0 Å². The number of amides is 2. The summed E-state index contributed by atoms with van der Waals surface area (Å²) in [4.78, 5) is 27.7. The average molecular weight is 360 g/mol. The van der Waals surface area contributed by atoms with Crippen molar-refractivity contribution in [1.82, 2.24) is 14.9 Å². The van der Waals surface area contributed by atoms with E-state index in [9.17, 15) is 9.59 Å². The van der Waals surface area contributed by atoms with E-state index in [4.69, 9.17) is 5.73 Å². The van der Waals surface area contributed by atoms with Crippen molar-refractivity contribution in [2.45, 2.75) is 32.9 Å². The maximum absolute atomic E-state index is 12.0. The summed E-state index contributed by atoms with van der Waals surface area (Å²) < 4.78 is 1.96. The Morgan fingerprint density at radius 1 is 1.24 bits per heavy atom. The predicted octanol–water partition coefficient (Wildman–Crippen LogP) is 2.21. The molecule has 0 radical (unpaired) electrons. The molecule has 7 heteroatoms. The third-order valence-electron chi connectivity index (χ3n) is 3.82. The van der Waals surface area contributed by atoms with Crippen molar-refractivity contribution in [2.24, 2.45) is 11.1 Å². The first-order valence-corrected chi connectivity index (χ1v) is 8.99. The highest BCUT2D eigenvalue weighted by atomic mass is 32.2. The van der Waals surface area contributed by atoms with Gasteiger partial charge in [-0.1, -0.05) is 17.8 Å². The third kappa shape index (κ3) is 5.09. The Balaban J connectivity index is 2.00. The highest BCUT2D eigenvalue weighted by molar-refractivity contribution is 7.99. The number of carbonyl (C=O) groups excluding carboxylic acids is 2. The van der Waals surface area contributed by atoms with E-state index in [1.54, 1.807) is 20.0 Å². The van der Waals surface area contributed by atoms with Gasteiger partial charge in [0.1, 0.15) is 0 Å². The van der Waals surface area contributed by atoms with E-state index in [0.717, 1.165) is 10.8 Å². The molecule has 3 N–H and O–H groups in total. The monoisotopic (exact) mass is 360 g/mol. The largest absolute Gasteiger partial charge is 0.369 e. The van der Waals surface area contributed by atoms with Crippen molar-refractivity contribution in [3.8, 4) is 5.69 Å². The van der Waals surface area contributed by atoms with Crippen molar-refractivity contribution in [2.75, 3.05) is 12.3 Å². The first kappa shape index (κ1) is 19.1. The number of nitrogens with zero attached hydrogens (tertiary/aromatic N) is 2. The van der Waals surface area contributed by atoms with Crippen LogP contribution in [0.3, 0.4) is 0 Å². The quantitative estimate of drug-likeness (QED) is 0.741. The Morgan fingerprint density at radius 3 is 2.48 bits per heavy atom. The molecule has 0 atom stereocenters. The van der Waals surface area contributed by atoms with E-state index in [2.05, 4.69) is 28.5 Å². The molecular weight excluding hydrogens is 336 g/mol. The summed E-state index contributed by atoms with van der Waals surface area (Å²) >= 11 is 1.35. The fraction of sp³-hybridized carbons (Fsp3) is 0.389. The van der Waals surface area contributed by atoms with Crippen LogP contribution >= 0.6 is 11.8 Å². The lowest BCUT2D eigenvalue weighted by Gasteiger charge is -2.20. The Labute approximate surface area is 152 Å². The fourth-order valence-electron chi connectivity index (χ4n) is 2.27. The Morgan fingerprint density at radius 2 is 1.88 bits per heavy atom. The van der Waals surface area contributed by atoms with Gasteiger partial charge in [0, 0.05) is 24.6 Å². The number of hydrogen-bond donors (Lipinski definition) is 2. The molecule has 0 saturated carbocycles. The first-order valence-electron chi connectivity index (χ1n) is 8.00. The normalized spacial score (nSPS) is 11.4. The summed E-state index contributed by atoms with van der Waals surface area (Å²) in [6.45, 7) is 7.72. The van der Waals surface area contributed by atoms with Gasteiger partial charge in [-0.25, -0.2) is 4.98 Å². The maximum atomic E-state index is 12.0. The zero-order chi connectivity index (χ0) is 18.6. The standard InChI is InChI=1S/C18H24N4O2S/c1-12-7-13(2)9-14(8-12)22-6-5-20-17(22)25-10-15(23)21-11-18(3,4)16(19)24/h5-9H,10-11H2,1-4H3,(H2,19,24)(H,21,23). The summed E-state index contributed by atoms with van der Waals surface area (Å²) in [5.41, 5.74) is 7.91. The number of nitrogens with two attached hydrogens (primary N) is 1. The molecule has 0 unspecified atom stereocenters. The van der Waals surface area contributed by atoms with Gasteiger partial charge in [-0.2, -0.15) is 0 Å². The minimum absolute atomic E-state index is 0.158. The van der Waals surface area contributed by atoms with Crippen LogP contribution in [-0.4, -0.2) is 33.7 Å². The van der Waals surface area contributed by atoms with Crippen LogP contribution in [-0.2, 0) is 9.59 Å². The number of primary amides is 1. The van der Waals surface area contributed by atoms with Crippen molar-refractivity contribution >= 4 is 23.6 Å². The number of aryl methyl sites for hydroxylation is 2. The lowest BCUT2D eigenvalue weighted by Crippen LogP contribution is -2.42. The number of rotatable bonds is 7. The molecule has 2 amide bonds. The van der Waals surface area contributed by atoms with Gasteiger partial charge in [-0.15, -0.1) is 0 Å². The molecule has 0 aliphatic rings. The average Bonchev–Trinajstić information content (AvgIpc) is 2.98. The van der Waals surface area contributed by atoms with Crippen LogP contribution in [0.15, 0.2) is 35.7 Å². The molecule has 6 nitrogen and oxygen atoms in total. The van der Waals surface area contributed by atoms with E-state index < -0.39 is 11.3 Å². The number of hydrogen-bond acceptors (Lipinski definition) is 4. The lowest BCUT2D eigenvalue weighted by molar-refractivity contribution is -0.126. The summed E-state index contributed by atoms with van der Waals surface area (Å²) in [6.07, 6.45) is 3.60. The van der Waals surface area contributed by atoms with Gasteiger partial charge in [-0.05, 0) is 51.0 Å². The van der Waals surface area contributed by atoms with E-state index in [0.29, 0.717) is 0 Å². The number of aromatic nitrogens is 2. The number of thioether (sulfide) groups is 1. The van der Waals surface area contributed by atoms with Crippen molar-refractivity contribution in [1.29, 1.82) is 0 Å². The molecule has 1 heterocycles. The molecule has 2 aromatic rings. The molecule has 0 bridgehead atoms. The van der Waals surface area contributed by atoms with E-state index in [1.165, 1.54) is 22.9 Å². The van der Waals surface area contributed by atoms with Crippen molar-refractivity contribution in [3.05, 3.63) is 41.7 Å². The summed E-state index contributed by atoms with van der Waals surface area (Å²) in [5.74, 6) is -0.378. The molecule has 0 aliphatic carbocycles. The summed E-state index contributed by atoms with van der Waals surface area (Å²) in [7, 11) is 0. The first-order chi connectivity index (χ1) is 11.7. The van der Waals surface area contributed by atoms with Gasteiger partial charge >= 0.3 is 0 Å². The van der Waals surface area contributed by atoms with Gasteiger partial charge in [-0.3, -0.25) is 14.2 Å². The van der Waals surface area contributed by atoms with Crippen LogP contribution in [0.2, 0.25) is 0 Å². The van der Waals surface area contributed by atoms with Crippen LogP contribution in [0, 0.1) is 19.3 Å². The minimum atomic E-state index is -0.766. The molecule has 0 fully saturated rings. The minimum Gasteiger partial charge on any atom is -0.369 e. The van der Waals surface area contributed by atoms with Crippen LogP contribution < -0.4 is 11.1 Å². The van der Waals surface area contributed by atoms with Gasteiger partial charge in [0.15, 0.2) is 5.16 Å². The molecule has 2 rings (SSSR count). The summed E-state index contributed by atoms with van der Waals surface area (Å²) in [5, 5.41) is 3.49. The SMILES string of the molecule is Cc1cc(C)cc(-n2ccnc2SCC(=O)NCC(C)(C)C(N)=O)c1. The highest BCUT2D eigenvalue weighted by Gasteiger charge is 2.25. The van der Waals surface area contributed by atoms with Crippen molar-refractivity contribution < 1.29 is 9.59 Å². The van der Waals surface area contributed by atoms with Gasteiger partial charge in [0.25, 0.3) is 0 Å². The van der Waals surface area contributed by atoms with E-state index in [1.807, 2.05) is 24.6 Å². The maximum Gasteiger partial charge on any atom is 0.230 e. The number of benzene rings is 1. The zero-order valence-electron chi connectivity index (χ0n) is 15.0. The Bertz CT molecular complexity index is 763. The van der Waals surface area contributed by atoms with Gasteiger partial charge in [0.05, 0.1) is 11.2 Å². The predicted molar refractivity (Wildman–Crippen MR) is 99.7 cm³/mol. The smallest absolute Gasteiger partial charge is 0.230 e. The second-order valence-electron chi connectivity index (χ2n) is 6.74. The van der Waals surface area contributed by atoms with Crippen LogP contribution in [0.4, 0.5) is 0 Å². The van der Waals surface area contributed by atoms with Crippen molar-refractivity contribution in [3.63, 3.8) is 0 Å². The second kappa shape index (κ2) is 7.74. The fourth-order valence-corrected chi connectivity index (χ4v) is 3.07. The van der Waals surface area contributed by atoms with Gasteiger partial charge < -0.3 is 11.1 Å². The highest BCUT2D eigenvalue weighted by Crippen LogP contribution is 2.22. The van der Waals surface area contributed by atoms with Crippen LogP contribution in [0.5, 0.6) is 0 Å². The molecule has 0 aliphatic heterocycles. The molecule has 1 aromatic heterocycles. The number of nitrogens with one attached hydrogen (secondary N) is 1. The second-order valence-corrected chi connectivity index (χ2v) is 7.68. The molecular formula is C18H24N4O2S. The Kier molecular flexibility index (Phi) is 5.89. The van der Waals surface area contributed by atoms with Gasteiger partial charge in [0.2, 0.25) is 11.8 Å². The Hall–Kier alpha value is -2.28. The van der Waals surface area contributed by atoms with Crippen LogP contribution in [0.25, 0.3) is 5.69 Å². The zero-order valence-corrected chi connectivity index (χ0v) is 15.8. The molecule has 0 spiro atoms. The number of carbonyl (C=O) groups is 2. The molecule has 0 saturated heterocycles. The summed E-state index contributed by atoms with van der Waals surface area (Å²) in [6, 6.07) is 6.27. The molecule has 1 aromatic carbocycles. The molecule has 25 heavy (non-hydrogen) atoms. The lowest BCUT2D eigenvalue weighted by atomic mass is 9.93. The number of imidazole rings is 1. The third-order valence-corrected chi connectivity index (χ3v) is 4.79.